The molecule has 0 atom stereocenters. The highest BCUT2D eigenvalue weighted by Crippen LogP contribution is 2.30. The first-order valence-electron chi connectivity index (χ1n) is 3.72. The third-order valence-electron chi connectivity index (χ3n) is 1.72. The molecule has 6 heteroatoms. The van der Waals surface area contributed by atoms with Crippen molar-refractivity contribution >= 4 is 0 Å². The fraction of sp³-hybridized carbons (Fsp3) is 0.375. The molecule has 3 nitrogen and oxygen atoms in total. The van der Waals surface area contributed by atoms with Gasteiger partial charge in [0.15, 0.2) is 5.75 Å². The quantitative estimate of drug-likeness (QED) is 0.766. The maximum Gasteiger partial charge on any atom is 0.265 e. The van der Waals surface area contributed by atoms with Gasteiger partial charge in [-0.3, -0.25) is 0 Å². The lowest BCUT2D eigenvalue weighted by molar-refractivity contribution is 0.145. The number of aromatic nitrogens is 1. The highest BCUT2D eigenvalue weighted by molar-refractivity contribution is 5.38. The molecule has 0 aromatic carbocycles. The molecule has 0 fully saturated rings. The van der Waals surface area contributed by atoms with E-state index in [0.717, 1.165) is 7.11 Å². The van der Waals surface area contributed by atoms with E-state index in [0.29, 0.717) is 6.20 Å². The van der Waals surface area contributed by atoms with Crippen LogP contribution in [0.1, 0.15) is 17.6 Å². The number of ether oxygens (including phenoxy) is 1. The van der Waals surface area contributed by atoms with Gasteiger partial charge in [0.2, 0.25) is 0 Å². The summed E-state index contributed by atoms with van der Waals surface area (Å²) in [7, 11) is 1.12. The van der Waals surface area contributed by atoms with Crippen molar-refractivity contribution in [3.8, 4) is 5.75 Å². The van der Waals surface area contributed by atoms with Crippen LogP contribution in [0.25, 0.3) is 0 Å². The molecule has 0 saturated heterocycles. The second kappa shape index (κ2) is 4.28. The van der Waals surface area contributed by atoms with E-state index in [-0.39, 0.29) is 5.56 Å². The van der Waals surface area contributed by atoms with Crippen molar-refractivity contribution in [2.24, 2.45) is 0 Å². The van der Waals surface area contributed by atoms with E-state index in [1.54, 1.807) is 0 Å². The SMILES string of the molecule is COc1c(F)ncc(C(F)F)c1CO. The number of rotatable bonds is 3. The molecule has 0 saturated carbocycles. The molecule has 0 aliphatic carbocycles. The summed E-state index contributed by atoms with van der Waals surface area (Å²) in [6.45, 7) is -0.720. The lowest BCUT2D eigenvalue weighted by Gasteiger charge is -2.10. The summed E-state index contributed by atoms with van der Waals surface area (Å²) in [6, 6.07) is 0. The van der Waals surface area contributed by atoms with Gasteiger partial charge in [0, 0.05) is 17.3 Å². The molecule has 0 unspecified atom stereocenters. The predicted octanol–water partition coefficient (Wildman–Crippen LogP) is 1.66. The molecule has 0 aliphatic heterocycles. The molecule has 1 N–H and O–H groups in total. The highest BCUT2D eigenvalue weighted by atomic mass is 19.3. The van der Waals surface area contributed by atoms with Crippen molar-refractivity contribution in [2.45, 2.75) is 13.0 Å². The van der Waals surface area contributed by atoms with Crippen LogP contribution in [-0.2, 0) is 6.61 Å². The zero-order valence-electron chi connectivity index (χ0n) is 7.30. The first kappa shape index (κ1) is 10.8. The van der Waals surface area contributed by atoms with Crippen molar-refractivity contribution in [3.63, 3.8) is 0 Å². The number of alkyl halides is 2. The smallest absolute Gasteiger partial charge is 0.265 e. The predicted molar refractivity (Wildman–Crippen MR) is 41.6 cm³/mol. The van der Waals surface area contributed by atoms with Crippen LogP contribution >= 0.6 is 0 Å². The molecule has 0 aliphatic rings. The summed E-state index contributed by atoms with van der Waals surface area (Å²) >= 11 is 0. The molecule has 14 heavy (non-hydrogen) atoms. The summed E-state index contributed by atoms with van der Waals surface area (Å²) in [5.74, 6) is -1.45. The lowest BCUT2D eigenvalue weighted by atomic mass is 10.1. The number of aliphatic hydroxyl groups is 1. The van der Waals surface area contributed by atoms with Crippen LogP contribution in [0.3, 0.4) is 0 Å². The fourth-order valence-electron chi connectivity index (χ4n) is 1.08. The average molecular weight is 207 g/mol. The molecule has 0 radical (unpaired) electrons. The van der Waals surface area contributed by atoms with Crippen LogP contribution in [0.2, 0.25) is 0 Å². The Bertz CT molecular complexity index is 331. The number of nitrogens with zero attached hydrogens (tertiary/aromatic N) is 1. The minimum atomic E-state index is -2.82. The van der Waals surface area contributed by atoms with Crippen molar-refractivity contribution in [2.75, 3.05) is 7.11 Å². The first-order chi connectivity index (χ1) is 6.61. The maximum absolute atomic E-state index is 12.9. The Morgan fingerprint density at radius 1 is 1.57 bits per heavy atom. The second-order valence-electron chi connectivity index (χ2n) is 2.47. The molecule has 1 aromatic heterocycles. The van der Waals surface area contributed by atoms with Crippen LogP contribution in [0.4, 0.5) is 13.2 Å². The summed E-state index contributed by atoms with van der Waals surface area (Å²) in [5.41, 5.74) is -0.791. The maximum atomic E-state index is 12.9. The van der Waals surface area contributed by atoms with E-state index >= 15 is 0 Å². The molecule has 0 spiro atoms. The Kier molecular flexibility index (Phi) is 3.29. The molecule has 1 rings (SSSR count). The van der Waals surface area contributed by atoms with E-state index < -0.39 is 30.3 Å². The number of methoxy groups -OCH3 is 1. The van der Waals surface area contributed by atoms with Crippen molar-refractivity contribution < 1.29 is 23.0 Å². The van der Waals surface area contributed by atoms with Crippen molar-refractivity contribution in [1.82, 2.24) is 4.98 Å². The Balaban J connectivity index is 3.33. The van der Waals surface area contributed by atoms with Crippen molar-refractivity contribution in [1.29, 1.82) is 0 Å². The van der Waals surface area contributed by atoms with Gasteiger partial charge >= 0.3 is 0 Å². The van der Waals surface area contributed by atoms with Gasteiger partial charge in [0.25, 0.3) is 12.4 Å². The van der Waals surface area contributed by atoms with Gasteiger partial charge in [-0.05, 0) is 0 Å². The van der Waals surface area contributed by atoms with Crippen LogP contribution in [0.5, 0.6) is 5.75 Å². The van der Waals surface area contributed by atoms with Gasteiger partial charge in [-0.15, -0.1) is 0 Å². The third-order valence-corrected chi connectivity index (χ3v) is 1.72. The third kappa shape index (κ3) is 1.79. The summed E-state index contributed by atoms with van der Waals surface area (Å²) < 4.78 is 42.1. The van der Waals surface area contributed by atoms with Gasteiger partial charge in [-0.1, -0.05) is 0 Å². The van der Waals surface area contributed by atoms with E-state index in [1.807, 2.05) is 0 Å². The minimum Gasteiger partial charge on any atom is -0.492 e. The summed E-state index contributed by atoms with van der Waals surface area (Å²) in [4.78, 5) is 3.10. The minimum absolute atomic E-state index is 0.269. The zero-order chi connectivity index (χ0) is 10.7. The van der Waals surface area contributed by atoms with Gasteiger partial charge in [0.05, 0.1) is 13.7 Å². The normalized spacial score (nSPS) is 10.7. The van der Waals surface area contributed by atoms with E-state index in [1.165, 1.54) is 0 Å². The standard InChI is InChI=1S/C8H8F3NO2/c1-14-6-5(3-13)4(7(9)10)2-12-8(6)11/h2,7,13H,3H2,1H3. The fourth-order valence-corrected chi connectivity index (χ4v) is 1.08. The number of hydrogen-bond donors (Lipinski definition) is 1. The molecular weight excluding hydrogens is 199 g/mol. The van der Waals surface area contributed by atoms with E-state index in [2.05, 4.69) is 9.72 Å². The largest absolute Gasteiger partial charge is 0.492 e. The molecule has 1 heterocycles. The number of hydrogen-bond acceptors (Lipinski definition) is 3. The van der Waals surface area contributed by atoms with Crippen LogP contribution in [0, 0.1) is 5.95 Å². The average Bonchev–Trinajstić information content (AvgIpc) is 2.16. The Morgan fingerprint density at radius 2 is 2.21 bits per heavy atom. The van der Waals surface area contributed by atoms with Crippen LogP contribution in [-0.4, -0.2) is 17.2 Å². The van der Waals surface area contributed by atoms with Crippen LogP contribution in [0.15, 0.2) is 6.20 Å². The first-order valence-corrected chi connectivity index (χ1v) is 3.72. The van der Waals surface area contributed by atoms with Gasteiger partial charge in [0.1, 0.15) is 0 Å². The Morgan fingerprint density at radius 3 is 2.64 bits per heavy atom. The molecular formula is C8H8F3NO2. The summed E-state index contributed by atoms with van der Waals surface area (Å²) in [6.07, 6.45) is -2.13. The topological polar surface area (TPSA) is 42.4 Å². The van der Waals surface area contributed by atoms with Gasteiger partial charge in [-0.2, -0.15) is 4.39 Å². The Labute approximate surface area is 78.2 Å². The zero-order valence-corrected chi connectivity index (χ0v) is 7.30. The molecule has 0 amide bonds. The Hall–Kier alpha value is -1.30. The molecule has 0 bridgehead atoms. The van der Waals surface area contributed by atoms with Gasteiger partial charge < -0.3 is 9.84 Å². The molecule has 78 valence electrons. The second-order valence-corrected chi connectivity index (χ2v) is 2.47. The van der Waals surface area contributed by atoms with Crippen LogP contribution < -0.4 is 4.74 Å². The summed E-state index contributed by atoms with van der Waals surface area (Å²) in [5, 5.41) is 8.80. The van der Waals surface area contributed by atoms with E-state index in [9.17, 15) is 13.2 Å². The lowest BCUT2D eigenvalue weighted by Crippen LogP contribution is -2.03. The molecule has 1 aromatic rings. The van der Waals surface area contributed by atoms with Gasteiger partial charge in [-0.25, -0.2) is 13.8 Å². The monoisotopic (exact) mass is 207 g/mol. The highest BCUT2D eigenvalue weighted by Gasteiger charge is 2.20. The number of halogens is 3. The van der Waals surface area contributed by atoms with Crippen molar-refractivity contribution in [3.05, 3.63) is 23.3 Å². The number of aliphatic hydroxyl groups excluding tert-OH is 1. The van der Waals surface area contributed by atoms with E-state index in [4.69, 9.17) is 5.11 Å². The number of pyridine rings is 1.